The molecule has 1 aromatic carbocycles. The number of benzene rings is 1. The summed E-state index contributed by atoms with van der Waals surface area (Å²) in [5.41, 5.74) is 1.17. The fourth-order valence-corrected chi connectivity index (χ4v) is 2.09. The van der Waals surface area contributed by atoms with Gasteiger partial charge in [-0.1, -0.05) is 23.4 Å². The molecule has 2 aromatic rings. The highest BCUT2D eigenvalue weighted by Gasteiger charge is 2.14. The molecule has 0 atom stereocenters. The zero-order chi connectivity index (χ0) is 13.3. The van der Waals surface area contributed by atoms with E-state index >= 15 is 0 Å². The van der Waals surface area contributed by atoms with Gasteiger partial charge in [0.2, 0.25) is 0 Å². The Morgan fingerprint density at radius 1 is 1.22 bits per heavy atom. The van der Waals surface area contributed by atoms with Crippen LogP contribution in [-0.4, -0.2) is 16.2 Å². The molecule has 2 rings (SSSR count). The molecule has 0 unspecified atom stereocenters. The molecule has 0 N–H and O–H groups in total. The number of aromatic nitrogens is 2. The smallest absolute Gasteiger partial charge is 0.189 e. The second-order valence-electron chi connectivity index (χ2n) is 3.60. The minimum Gasteiger partial charge on any atom is -0.222 e. The van der Waals surface area contributed by atoms with E-state index in [9.17, 15) is 8.78 Å². The Kier molecular flexibility index (Phi) is 3.82. The lowest BCUT2D eigenvalue weighted by Gasteiger charge is -2.09. The van der Waals surface area contributed by atoms with Crippen LogP contribution in [0.4, 0.5) is 8.78 Å². The lowest BCUT2D eigenvalue weighted by atomic mass is 10.1. The van der Waals surface area contributed by atoms with Gasteiger partial charge in [0.05, 0.1) is 5.69 Å². The van der Waals surface area contributed by atoms with Gasteiger partial charge in [0.15, 0.2) is 5.16 Å². The molecular weight excluding hydrogens is 278 g/mol. The Balaban J connectivity index is 2.66. The molecule has 0 radical (unpaired) electrons. The van der Waals surface area contributed by atoms with E-state index in [1.54, 1.807) is 13.2 Å². The summed E-state index contributed by atoms with van der Waals surface area (Å²) in [6.07, 6.45) is 1.80. The molecule has 0 saturated heterocycles. The van der Waals surface area contributed by atoms with Crippen molar-refractivity contribution in [3.05, 3.63) is 40.6 Å². The number of nitrogens with zero attached hydrogens (tertiary/aromatic N) is 2. The third-order valence-electron chi connectivity index (χ3n) is 2.43. The highest BCUT2D eigenvalue weighted by molar-refractivity contribution is 7.98. The zero-order valence-electron chi connectivity index (χ0n) is 9.67. The summed E-state index contributed by atoms with van der Waals surface area (Å²) < 4.78 is 26.6. The Labute approximate surface area is 112 Å². The normalized spacial score (nSPS) is 10.7. The molecular formula is C12H9ClF2N2S. The Morgan fingerprint density at radius 2 is 1.94 bits per heavy atom. The quantitative estimate of drug-likeness (QED) is 0.472. The van der Waals surface area contributed by atoms with Crippen molar-refractivity contribution < 1.29 is 8.78 Å². The van der Waals surface area contributed by atoms with Crippen molar-refractivity contribution in [2.75, 3.05) is 6.26 Å². The van der Waals surface area contributed by atoms with Crippen LogP contribution < -0.4 is 0 Å². The van der Waals surface area contributed by atoms with Crippen molar-refractivity contribution in [1.82, 2.24) is 9.97 Å². The van der Waals surface area contributed by atoms with Crippen LogP contribution in [0, 0.1) is 18.6 Å². The molecule has 94 valence electrons. The average Bonchev–Trinajstić information content (AvgIpc) is 2.33. The van der Waals surface area contributed by atoms with Gasteiger partial charge in [-0.2, -0.15) is 0 Å². The first-order chi connectivity index (χ1) is 8.52. The minimum atomic E-state index is -0.667. The van der Waals surface area contributed by atoms with Crippen molar-refractivity contribution in [3.8, 4) is 11.3 Å². The molecule has 0 aliphatic heterocycles. The molecule has 0 saturated carbocycles. The highest BCUT2D eigenvalue weighted by Crippen LogP contribution is 2.29. The molecule has 1 aromatic heterocycles. The van der Waals surface area contributed by atoms with Gasteiger partial charge in [-0.3, -0.25) is 0 Å². The van der Waals surface area contributed by atoms with Crippen molar-refractivity contribution >= 4 is 23.4 Å². The summed E-state index contributed by atoms with van der Waals surface area (Å²) in [7, 11) is 0. The van der Waals surface area contributed by atoms with Gasteiger partial charge in [0.25, 0.3) is 0 Å². The van der Waals surface area contributed by atoms with Crippen LogP contribution in [0.25, 0.3) is 11.3 Å². The molecule has 6 heteroatoms. The van der Waals surface area contributed by atoms with Crippen molar-refractivity contribution in [2.45, 2.75) is 12.1 Å². The summed E-state index contributed by atoms with van der Waals surface area (Å²) in [5.74, 6) is -1.29. The van der Waals surface area contributed by atoms with Crippen LogP contribution in [0.3, 0.4) is 0 Å². The maximum absolute atomic E-state index is 13.7. The summed E-state index contributed by atoms with van der Waals surface area (Å²) >= 11 is 7.28. The van der Waals surface area contributed by atoms with Gasteiger partial charge in [-0.15, -0.1) is 0 Å². The fourth-order valence-electron chi connectivity index (χ4n) is 1.51. The van der Waals surface area contributed by atoms with Gasteiger partial charge < -0.3 is 0 Å². The minimum absolute atomic E-state index is 0.216. The van der Waals surface area contributed by atoms with Crippen LogP contribution in [0.1, 0.15) is 5.56 Å². The number of halogens is 3. The van der Waals surface area contributed by atoms with Gasteiger partial charge in [-0.25, -0.2) is 18.7 Å². The van der Waals surface area contributed by atoms with Crippen LogP contribution in [-0.2, 0) is 0 Å². The molecule has 2 nitrogen and oxygen atoms in total. The molecule has 0 bridgehead atoms. The van der Waals surface area contributed by atoms with Crippen LogP contribution in [0.15, 0.2) is 23.4 Å². The van der Waals surface area contributed by atoms with E-state index < -0.39 is 11.6 Å². The number of rotatable bonds is 2. The lowest BCUT2D eigenvalue weighted by molar-refractivity contribution is 0.585. The van der Waals surface area contributed by atoms with E-state index in [4.69, 9.17) is 11.6 Å². The standard InChI is InChI=1S/C12H9ClF2N2S/c1-6-10(16-12(18-2)17-11(6)13)8-4-3-7(14)5-9(8)15/h3-5H,1-2H3. The predicted octanol–water partition coefficient (Wildman–Crippen LogP) is 4.11. The maximum atomic E-state index is 13.7. The van der Waals surface area contributed by atoms with Crippen molar-refractivity contribution in [2.24, 2.45) is 0 Å². The highest BCUT2D eigenvalue weighted by atomic mass is 35.5. The largest absolute Gasteiger partial charge is 0.222 e. The third-order valence-corrected chi connectivity index (χ3v) is 3.35. The van der Waals surface area contributed by atoms with E-state index in [0.717, 1.165) is 6.07 Å². The third kappa shape index (κ3) is 2.47. The van der Waals surface area contributed by atoms with Crippen LogP contribution in [0.2, 0.25) is 5.15 Å². The van der Waals surface area contributed by atoms with E-state index in [-0.39, 0.29) is 10.7 Å². The SMILES string of the molecule is CSc1nc(Cl)c(C)c(-c2ccc(F)cc2F)n1. The summed E-state index contributed by atoms with van der Waals surface area (Å²) in [6.45, 7) is 1.70. The molecule has 0 spiro atoms. The van der Waals surface area contributed by atoms with Crippen molar-refractivity contribution in [1.29, 1.82) is 0 Å². The first-order valence-corrected chi connectivity index (χ1v) is 6.66. The Hall–Kier alpha value is -1.20. The second-order valence-corrected chi connectivity index (χ2v) is 4.73. The Bertz CT molecular complexity index is 605. The number of thioether (sulfide) groups is 1. The molecule has 0 fully saturated rings. The van der Waals surface area contributed by atoms with Crippen LogP contribution >= 0.6 is 23.4 Å². The van der Waals surface area contributed by atoms with Crippen LogP contribution in [0.5, 0.6) is 0 Å². The molecule has 0 amide bonds. The number of hydrogen-bond acceptors (Lipinski definition) is 3. The topological polar surface area (TPSA) is 25.8 Å². The first-order valence-electron chi connectivity index (χ1n) is 5.06. The monoisotopic (exact) mass is 286 g/mol. The van der Waals surface area contributed by atoms with Crippen molar-refractivity contribution in [3.63, 3.8) is 0 Å². The Morgan fingerprint density at radius 3 is 2.56 bits per heavy atom. The summed E-state index contributed by atoms with van der Waals surface area (Å²) in [5, 5.41) is 0.720. The molecule has 18 heavy (non-hydrogen) atoms. The van der Waals surface area contributed by atoms with E-state index in [1.165, 1.54) is 23.9 Å². The van der Waals surface area contributed by atoms with Gasteiger partial charge >= 0.3 is 0 Å². The molecule has 0 aliphatic carbocycles. The van der Waals surface area contributed by atoms with Gasteiger partial charge in [0.1, 0.15) is 16.8 Å². The fraction of sp³-hybridized carbons (Fsp3) is 0.167. The summed E-state index contributed by atoms with van der Waals surface area (Å²) in [4.78, 5) is 8.26. The van der Waals surface area contributed by atoms with E-state index in [0.29, 0.717) is 16.4 Å². The van der Waals surface area contributed by atoms with Gasteiger partial charge in [0, 0.05) is 17.2 Å². The second kappa shape index (κ2) is 5.20. The van der Waals surface area contributed by atoms with E-state index in [2.05, 4.69) is 9.97 Å². The molecule has 0 aliphatic rings. The van der Waals surface area contributed by atoms with E-state index in [1.807, 2.05) is 0 Å². The van der Waals surface area contributed by atoms with Gasteiger partial charge in [-0.05, 0) is 25.3 Å². The zero-order valence-corrected chi connectivity index (χ0v) is 11.2. The summed E-state index contributed by atoms with van der Waals surface area (Å²) in [6, 6.07) is 3.36. The average molecular weight is 287 g/mol. The lowest BCUT2D eigenvalue weighted by Crippen LogP contribution is -1.98. The molecule has 1 heterocycles. The predicted molar refractivity (Wildman–Crippen MR) is 68.9 cm³/mol. The number of hydrogen-bond donors (Lipinski definition) is 0. The first kappa shape index (κ1) is 13.2. The maximum Gasteiger partial charge on any atom is 0.189 e.